The van der Waals surface area contributed by atoms with Gasteiger partial charge in [-0.25, -0.2) is 9.97 Å². The first kappa shape index (κ1) is 19.1. The monoisotopic (exact) mass is 408 g/mol. The molecule has 0 unspecified atom stereocenters. The average molecular weight is 408 g/mol. The summed E-state index contributed by atoms with van der Waals surface area (Å²) < 4.78 is 16.1. The van der Waals surface area contributed by atoms with E-state index in [1.54, 1.807) is 12.1 Å². The van der Waals surface area contributed by atoms with Crippen molar-refractivity contribution in [1.82, 2.24) is 15.4 Å². The van der Waals surface area contributed by atoms with Crippen LogP contribution in [-0.2, 0) is 11.3 Å². The van der Waals surface area contributed by atoms with Crippen LogP contribution in [-0.4, -0.2) is 29.3 Å². The number of fused-ring (bicyclic) bond motifs is 1. The molecule has 5 N–H and O–H groups in total. The molecule has 0 spiro atoms. The van der Waals surface area contributed by atoms with Crippen LogP contribution >= 0.6 is 0 Å². The van der Waals surface area contributed by atoms with E-state index < -0.39 is 0 Å². The van der Waals surface area contributed by atoms with Crippen LogP contribution in [0.3, 0.4) is 0 Å². The minimum Gasteiger partial charge on any atom is -0.484 e. The second-order valence-electron chi connectivity index (χ2n) is 6.30. The van der Waals surface area contributed by atoms with Gasteiger partial charge in [0.15, 0.2) is 29.7 Å². The minimum atomic E-state index is -0.383. The summed E-state index contributed by atoms with van der Waals surface area (Å²) in [6.07, 6.45) is 1.34. The Hall–Kier alpha value is -4.21. The molecule has 1 amide bonds. The SMILES string of the molecule is Nc1c(NCc2ccc3c(c2)OCO3)ncnc1NNC(=O)COc1ccccc1. The average Bonchev–Trinajstić information content (AvgIpc) is 3.25. The van der Waals surface area contributed by atoms with Gasteiger partial charge in [0.2, 0.25) is 6.79 Å². The Morgan fingerprint density at radius 3 is 2.73 bits per heavy atom. The largest absolute Gasteiger partial charge is 0.484 e. The number of nitrogens with zero attached hydrogens (tertiary/aromatic N) is 2. The summed E-state index contributed by atoms with van der Waals surface area (Å²) in [5, 5.41) is 3.15. The summed E-state index contributed by atoms with van der Waals surface area (Å²) >= 11 is 0. The first-order valence-corrected chi connectivity index (χ1v) is 9.14. The summed E-state index contributed by atoms with van der Waals surface area (Å²) in [4.78, 5) is 20.2. The number of ether oxygens (including phenoxy) is 3. The molecule has 30 heavy (non-hydrogen) atoms. The first-order valence-electron chi connectivity index (χ1n) is 9.14. The van der Waals surface area contributed by atoms with Crippen LogP contribution in [0, 0.1) is 0 Å². The summed E-state index contributed by atoms with van der Waals surface area (Å²) in [6.45, 7) is 0.536. The van der Waals surface area contributed by atoms with Gasteiger partial charge in [0.25, 0.3) is 5.91 Å². The third kappa shape index (κ3) is 4.61. The van der Waals surface area contributed by atoms with Crippen molar-refractivity contribution in [3.8, 4) is 17.2 Å². The van der Waals surface area contributed by atoms with Gasteiger partial charge in [-0.2, -0.15) is 0 Å². The fourth-order valence-electron chi connectivity index (χ4n) is 2.70. The Labute approximate surface area is 172 Å². The normalized spacial score (nSPS) is 11.6. The van der Waals surface area contributed by atoms with Gasteiger partial charge < -0.3 is 25.3 Å². The van der Waals surface area contributed by atoms with E-state index in [0.29, 0.717) is 23.9 Å². The van der Waals surface area contributed by atoms with E-state index >= 15 is 0 Å². The molecule has 1 aliphatic rings. The quantitative estimate of drug-likeness (QED) is 0.413. The van der Waals surface area contributed by atoms with Crippen molar-refractivity contribution in [3.05, 3.63) is 60.4 Å². The Morgan fingerprint density at radius 2 is 1.87 bits per heavy atom. The van der Waals surface area contributed by atoms with E-state index in [-0.39, 0.29) is 30.8 Å². The Balaban J connectivity index is 1.30. The number of benzene rings is 2. The van der Waals surface area contributed by atoms with Crippen LogP contribution < -0.4 is 36.1 Å². The highest BCUT2D eigenvalue weighted by molar-refractivity contribution is 5.81. The molecule has 0 aliphatic carbocycles. The molecule has 0 bridgehead atoms. The van der Waals surface area contributed by atoms with Crippen molar-refractivity contribution < 1.29 is 19.0 Å². The molecular weight excluding hydrogens is 388 g/mol. The van der Waals surface area contributed by atoms with Crippen molar-refractivity contribution in [2.75, 3.05) is 29.9 Å². The number of anilines is 3. The van der Waals surface area contributed by atoms with Gasteiger partial charge in [-0.15, -0.1) is 0 Å². The number of amides is 1. The van der Waals surface area contributed by atoms with Crippen LogP contribution in [0.25, 0.3) is 0 Å². The minimum absolute atomic E-state index is 0.156. The first-order chi connectivity index (χ1) is 14.7. The van der Waals surface area contributed by atoms with Gasteiger partial charge in [0.1, 0.15) is 17.8 Å². The lowest BCUT2D eigenvalue weighted by molar-refractivity contribution is -0.122. The van der Waals surface area contributed by atoms with E-state index in [2.05, 4.69) is 26.1 Å². The smallest absolute Gasteiger partial charge is 0.276 e. The van der Waals surface area contributed by atoms with E-state index in [9.17, 15) is 4.79 Å². The van der Waals surface area contributed by atoms with Crippen LogP contribution in [0.4, 0.5) is 17.3 Å². The molecule has 0 saturated heterocycles. The number of para-hydroxylation sites is 1. The fourth-order valence-corrected chi connectivity index (χ4v) is 2.70. The Kier molecular flexibility index (Phi) is 5.65. The van der Waals surface area contributed by atoms with Crippen LogP contribution in [0.5, 0.6) is 17.2 Å². The summed E-state index contributed by atoms with van der Waals surface area (Å²) in [6, 6.07) is 14.7. The van der Waals surface area contributed by atoms with Gasteiger partial charge in [-0.05, 0) is 29.8 Å². The lowest BCUT2D eigenvalue weighted by Gasteiger charge is -2.13. The third-order valence-corrected chi connectivity index (χ3v) is 4.21. The number of carbonyl (C=O) groups is 1. The molecule has 10 nitrogen and oxygen atoms in total. The van der Waals surface area contributed by atoms with E-state index in [1.807, 2.05) is 36.4 Å². The molecule has 10 heteroatoms. The second kappa shape index (κ2) is 8.86. The van der Waals surface area contributed by atoms with E-state index in [4.69, 9.17) is 19.9 Å². The van der Waals surface area contributed by atoms with Crippen molar-refractivity contribution in [1.29, 1.82) is 0 Å². The zero-order valence-corrected chi connectivity index (χ0v) is 15.9. The van der Waals surface area contributed by atoms with Gasteiger partial charge in [0, 0.05) is 6.54 Å². The second-order valence-corrected chi connectivity index (χ2v) is 6.30. The zero-order chi connectivity index (χ0) is 20.8. The number of aromatic nitrogens is 2. The maximum absolute atomic E-state index is 12.0. The number of nitrogens with one attached hydrogen (secondary N) is 3. The fraction of sp³-hybridized carbons (Fsp3) is 0.150. The summed E-state index contributed by atoms with van der Waals surface area (Å²) in [5.74, 6) is 2.34. The molecule has 3 aromatic rings. The molecule has 0 fully saturated rings. The highest BCUT2D eigenvalue weighted by atomic mass is 16.7. The van der Waals surface area contributed by atoms with Gasteiger partial charge in [0.05, 0.1) is 0 Å². The number of nitrogen functional groups attached to an aromatic ring is 1. The number of hydrazine groups is 1. The molecule has 1 aliphatic heterocycles. The van der Waals surface area contributed by atoms with Crippen LogP contribution in [0.1, 0.15) is 5.56 Å². The molecule has 154 valence electrons. The van der Waals surface area contributed by atoms with E-state index in [0.717, 1.165) is 11.3 Å². The van der Waals surface area contributed by atoms with Gasteiger partial charge in [-0.1, -0.05) is 24.3 Å². The predicted octanol–water partition coefficient (Wildman–Crippen LogP) is 1.92. The van der Waals surface area contributed by atoms with Crippen LogP contribution in [0.15, 0.2) is 54.9 Å². The number of hydrogen-bond acceptors (Lipinski definition) is 9. The predicted molar refractivity (Wildman–Crippen MR) is 110 cm³/mol. The summed E-state index contributed by atoms with van der Waals surface area (Å²) in [5.41, 5.74) is 12.5. The lowest BCUT2D eigenvalue weighted by atomic mass is 10.2. The van der Waals surface area contributed by atoms with E-state index in [1.165, 1.54) is 6.33 Å². The molecular formula is C20H20N6O4. The lowest BCUT2D eigenvalue weighted by Crippen LogP contribution is -2.34. The van der Waals surface area contributed by atoms with Crippen molar-refractivity contribution in [3.63, 3.8) is 0 Å². The Bertz CT molecular complexity index is 1030. The summed E-state index contributed by atoms with van der Waals surface area (Å²) in [7, 11) is 0. The highest BCUT2D eigenvalue weighted by Gasteiger charge is 2.14. The van der Waals surface area contributed by atoms with Crippen molar-refractivity contribution >= 4 is 23.2 Å². The molecule has 0 radical (unpaired) electrons. The van der Waals surface area contributed by atoms with Crippen LogP contribution in [0.2, 0.25) is 0 Å². The van der Waals surface area contributed by atoms with Crippen molar-refractivity contribution in [2.45, 2.75) is 6.54 Å². The molecule has 2 heterocycles. The van der Waals surface area contributed by atoms with Crippen molar-refractivity contribution in [2.24, 2.45) is 0 Å². The number of carbonyl (C=O) groups excluding carboxylic acids is 1. The molecule has 0 saturated carbocycles. The van der Waals surface area contributed by atoms with Gasteiger partial charge in [-0.3, -0.25) is 15.6 Å². The molecule has 0 atom stereocenters. The van der Waals surface area contributed by atoms with Gasteiger partial charge >= 0.3 is 0 Å². The number of nitrogens with two attached hydrogens (primary N) is 1. The Morgan fingerprint density at radius 1 is 1.07 bits per heavy atom. The highest BCUT2D eigenvalue weighted by Crippen LogP contribution is 2.32. The molecule has 4 rings (SSSR count). The maximum Gasteiger partial charge on any atom is 0.276 e. The molecule has 1 aromatic heterocycles. The topological polar surface area (TPSA) is 133 Å². The number of hydrogen-bond donors (Lipinski definition) is 4. The standard InChI is InChI=1S/C20H20N6O4/c21-18-19(22-9-13-6-7-15-16(8-13)30-12-29-15)23-11-24-20(18)26-25-17(27)10-28-14-4-2-1-3-5-14/h1-8,11H,9-10,12,21H2,(H,25,27)(H2,22,23,24,26). The third-order valence-electron chi connectivity index (χ3n) is 4.21. The number of rotatable bonds is 8. The maximum atomic E-state index is 12.0. The zero-order valence-electron chi connectivity index (χ0n) is 15.9. The molecule has 2 aromatic carbocycles.